The Balaban J connectivity index is 5.48. The molecule has 15 nitrogen and oxygen atoms in total. The van der Waals surface area contributed by atoms with Crippen LogP contribution in [-0.2, 0) is 66.7 Å². The first-order chi connectivity index (χ1) is 37.9. The van der Waals surface area contributed by atoms with Crippen molar-refractivity contribution in [1.29, 1.82) is 0 Å². The van der Waals surface area contributed by atoms with Gasteiger partial charge in [0, 0.05) is 44.9 Å². The molecule has 0 radical (unpaired) electrons. The molecule has 0 aromatic carbocycles. The van der Waals surface area contributed by atoms with E-state index in [1.54, 1.807) is 0 Å². The van der Waals surface area contributed by atoms with Gasteiger partial charge in [0.15, 0.2) is 0 Å². The highest BCUT2D eigenvalue weighted by atomic mass is 16.6. The number of carbonyl (C=O) groups is 7. The summed E-state index contributed by atoms with van der Waals surface area (Å²) in [4.78, 5) is 91.4. The van der Waals surface area contributed by atoms with Crippen LogP contribution in [0.25, 0.3) is 0 Å². The molecule has 15 heteroatoms. The van der Waals surface area contributed by atoms with Gasteiger partial charge in [-0.15, -0.1) is 0 Å². The molecular formula is C63H109NO14. The molecule has 78 heavy (non-hydrogen) atoms. The van der Waals surface area contributed by atoms with Gasteiger partial charge in [0.2, 0.25) is 0 Å². The summed E-state index contributed by atoms with van der Waals surface area (Å²) in [7, 11) is 3.91. The maximum atomic E-state index is 13.2. The molecule has 0 saturated heterocycles. The second kappa shape index (κ2) is 54.4. The number of unbranched alkanes of at least 4 members (excludes halogenated alkanes) is 19. The molecule has 0 amide bonds. The Bertz CT molecular complexity index is 1460. The lowest BCUT2D eigenvalue weighted by Crippen LogP contribution is -2.44. The lowest BCUT2D eigenvalue weighted by atomic mass is 9.92. The van der Waals surface area contributed by atoms with Crippen molar-refractivity contribution in [2.75, 3.05) is 66.9 Å². The second-order valence-electron chi connectivity index (χ2n) is 21.1. The van der Waals surface area contributed by atoms with Crippen molar-refractivity contribution in [3.63, 3.8) is 0 Å². The number of hydrogen-bond donors (Lipinski definition) is 0. The van der Waals surface area contributed by atoms with Gasteiger partial charge in [-0.3, -0.25) is 33.6 Å². The summed E-state index contributed by atoms with van der Waals surface area (Å²) in [5.74, 6) is -2.70. The van der Waals surface area contributed by atoms with Crippen LogP contribution in [0.2, 0.25) is 0 Å². The summed E-state index contributed by atoms with van der Waals surface area (Å²) in [6.07, 6.45) is 39.0. The zero-order chi connectivity index (χ0) is 57.4. The first-order valence-corrected chi connectivity index (χ1v) is 30.5. The second-order valence-corrected chi connectivity index (χ2v) is 21.1. The number of allylic oxidation sites excluding steroid dienone is 3. The molecule has 0 spiro atoms. The summed E-state index contributed by atoms with van der Waals surface area (Å²) in [5.41, 5.74) is -1.39. The van der Waals surface area contributed by atoms with Crippen molar-refractivity contribution in [3.8, 4) is 0 Å². The average molecular weight is 1100 g/mol. The summed E-state index contributed by atoms with van der Waals surface area (Å²) >= 11 is 0. The van der Waals surface area contributed by atoms with Crippen molar-refractivity contribution in [2.24, 2.45) is 5.41 Å². The van der Waals surface area contributed by atoms with Gasteiger partial charge < -0.3 is 38.1 Å². The first kappa shape index (κ1) is 73.5. The zero-order valence-corrected chi connectivity index (χ0v) is 49.7. The molecule has 0 unspecified atom stereocenters. The molecular weight excluding hydrogens is 995 g/mol. The molecule has 450 valence electrons. The van der Waals surface area contributed by atoms with Gasteiger partial charge in [0.05, 0.1) is 19.8 Å². The van der Waals surface area contributed by atoms with Crippen molar-refractivity contribution in [1.82, 2.24) is 4.90 Å². The molecule has 0 aliphatic carbocycles. The molecule has 0 saturated carbocycles. The topological polar surface area (TPSA) is 187 Å². The maximum Gasteiger partial charge on any atom is 0.305 e. The van der Waals surface area contributed by atoms with Crippen molar-refractivity contribution >= 4 is 41.8 Å². The standard InChI is InChI=1S/C63H109NO14/c1-6-9-12-15-18-27-38-49-72-56(65)41-30-21-24-33-44-59(68)75-52-63(55-78-62(71)47-36-37-48-64(4)5,53-76-60(69)45-34-25-22-31-42-57(66)73-50-39-28-19-16-13-10-7-2)54-77-61(70)46-35-26-23-32-43-58(67)74-51-40-29-20-17-14-11-8-3/h18-20,27-29H,6-17,21-26,30-55H2,1-5H3/b27-18-,28-19-,29-20-. The van der Waals surface area contributed by atoms with E-state index < -0.39 is 29.3 Å². The van der Waals surface area contributed by atoms with Gasteiger partial charge in [0.25, 0.3) is 0 Å². The molecule has 0 fully saturated rings. The van der Waals surface area contributed by atoms with Gasteiger partial charge in [-0.25, -0.2) is 0 Å². The SMILES string of the molecule is CCCCC/C=C\CCOC(=O)CCCCCCC(=O)OCC(COC(=O)CCCCCCC(=O)OCC/C=C\CCCCC)(COC(=O)CCCCCCC(=O)OCC/C=C\CCCCC)COC(=O)CCCCN(C)C. The molecule has 0 heterocycles. The minimum absolute atomic E-state index is 0.0961. The van der Waals surface area contributed by atoms with E-state index in [4.69, 9.17) is 33.2 Å². The smallest absolute Gasteiger partial charge is 0.305 e. The summed E-state index contributed by atoms with van der Waals surface area (Å²) in [6.45, 7) is 7.09. The fraction of sp³-hybridized carbons (Fsp3) is 0.794. The van der Waals surface area contributed by atoms with Gasteiger partial charge in [-0.2, -0.15) is 0 Å². The van der Waals surface area contributed by atoms with Crippen LogP contribution in [-0.4, -0.2) is 114 Å². The lowest BCUT2D eigenvalue weighted by molar-refractivity contribution is -0.171. The Kier molecular flexibility index (Phi) is 51.3. The molecule has 0 atom stereocenters. The highest BCUT2D eigenvalue weighted by Crippen LogP contribution is 2.24. The van der Waals surface area contributed by atoms with Gasteiger partial charge in [-0.1, -0.05) is 134 Å². The highest BCUT2D eigenvalue weighted by molar-refractivity contribution is 5.72. The van der Waals surface area contributed by atoms with E-state index in [0.717, 1.165) is 51.5 Å². The fourth-order valence-corrected chi connectivity index (χ4v) is 8.03. The lowest BCUT2D eigenvalue weighted by Gasteiger charge is -2.31. The van der Waals surface area contributed by atoms with Crippen LogP contribution in [0, 0.1) is 5.41 Å². The summed E-state index contributed by atoms with van der Waals surface area (Å²) in [5, 5.41) is 0. The van der Waals surface area contributed by atoms with E-state index in [1.807, 2.05) is 19.0 Å². The van der Waals surface area contributed by atoms with Crippen molar-refractivity contribution in [2.45, 2.75) is 252 Å². The number of ether oxygens (including phenoxy) is 7. The largest absolute Gasteiger partial charge is 0.465 e. The minimum Gasteiger partial charge on any atom is -0.465 e. The number of hydrogen-bond acceptors (Lipinski definition) is 15. The van der Waals surface area contributed by atoms with E-state index >= 15 is 0 Å². The summed E-state index contributed by atoms with van der Waals surface area (Å²) in [6, 6.07) is 0. The third kappa shape index (κ3) is 50.9. The van der Waals surface area contributed by atoms with Gasteiger partial charge in [-0.05, 0) is 130 Å². The van der Waals surface area contributed by atoms with Crippen LogP contribution >= 0.6 is 0 Å². The molecule has 0 aliphatic rings. The number of esters is 7. The van der Waals surface area contributed by atoms with E-state index in [-0.39, 0.29) is 70.0 Å². The van der Waals surface area contributed by atoms with E-state index in [0.29, 0.717) is 123 Å². The fourth-order valence-electron chi connectivity index (χ4n) is 8.03. The van der Waals surface area contributed by atoms with E-state index in [1.165, 1.54) is 57.8 Å². The Morgan fingerprint density at radius 3 is 0.769 bits per heavy atom. The molecule has 0 bridgehead atoms. The number of carbonyl (C=O) groups excluding carboxylic acids is 7. The Morgan fingerprint density at radius 2 is 0.526 bits per heavy atom. The van der Waals surface area contributed by atoms with E-state index in [9.17, 15) is 33.6 Å². The van der Waals surface area contributed by atoms with Crippen LogP contribution in [0.3, 0.4) is 0 Å². The predicted octanol–water partition coefficient (Wildman–Crippen LogP) is 14.1. The highest BCUT2D eigenvalue weighted by Gasteiger charge is 2.38. The van der Waals surface area contributed by atoms with Gasteiger partial charge in [0.1, 0.15) is 31.8 Å². The Morgan fingerprint density at radius 1 is 0.295 bits per heavy atom. The van der Waals surface area contributed by atoms with Crippen LogP contribution in [0.5, 0.6) is 0 Å². The summed E-state index contributed by atoms with van der Waals surface area (Å²) < 4.78 is 39.2. The monoisotopic (exact) mass is 1100 g/mol. The van der Waals surface area contributed by atoms with Crippen molar-refractivity contribution < 1.29 is 66.7 Å². The van der Waals surface area contributed by atoms with Crippen LogP contribution < -0.4 is 0 Å². The Hall–Kier alpha value is -4.53. The minimum atomic E-state index is -1.39. The zero-order valence-electron chi connectivity index (χ0n) is 49.7. The number of rotatable bonds is 55. The van der Waals surface area contributed by atoms with Crippen LogP contribution in [0.4, 0.5) is 0 Å². The molecule has 0 aromatic rings. The van der Waals surface area contributed by atoms with Gasteiger partial charge >= 0.3 is 41.8 Å². The van der Waals surface area contributed by atoms with E-state index in [2.05, 4.69) is 57.2 Å². The normalized spacial score (nSPS) is 11.7. The third-order valence-electron chi connectivity index (χ3n) is 13.0. The number of nitrogens with zero attached hydrogens (tertiary/aromatic N) is 1. The Labute approximate surface area is 472 Å². The van der Waals surface area contributed by atoms with Crippen molar-refractivity contribution in [3.05, 3.63) is 36.5 Å². The average Bonchev–Trinajstić information content (AvgIpc) is 3.43. The maximum absolute atomic E-state index is 13.2. The molecule has 0 aliphatic heterocycles. The first-order valence-electron chi connectivity index (χ1n) is 30.5. The predicted molar refractivity (Wildman–Crippen MR) is 308 cm³/mol. The molecule has 0 N–H and O–H groups in total. The third-order valence-corrected chi connectivity index (χ3v) is 13.0. The van der Waals surface area contributed by atoms with Crippen LogP contribution in [0.15, 0.2) is 36.5 Å². The quantitative estimate of drug-likeness (QED) is 0.0242. The molecule has 0 rings (SSSR count). The molecule has 0 aromatic heterocycles. The van der Waals surface area contributed by atoms with Crippen LogP contribution in [0.1, 0.15) is 252 Å².